The summed E-state index contributed by atoms with van der Waals surface area (Å²) in [6, 6.07) is 5.12. The first kappa shape index (κ1) is 12.2. The molecule has 0 radical (unpaired) electrons. The first-order valence-corrected chi connectivity index (χ1v) is 7.18. The number of H-pyrrole nitrogens is 1. The zero-order valence-corrected chi connectivity index (χ0v) is 10.7. The van der Waals surface area contributed by atoms with Crippen molar-refractivity contribution in [2.24, 2.45) is 0 Å². The first-order chi connectivity index (χ1) is 9.15. The summed E-state index contributed by atoms with van der Waals surface area (Å²) in [5, 5.41) is 16.2. The highest BCUT2D eigenvalue weighted by atomic mass is 32.2. The van der Waals surface area contributed by atoms with Crippen molar-refractivity contribution in [2.45, 2.75) is 24.5 Å². The molecule has 9 heteroatoms. The second-order valence-electron chi connectivity index (χ2n) is 4.19. The quantitative estimate of drug-likeness (QED) is 0.681. The monoisotopic (exact) mass is 280 g/mol. The topological polar surface area (TPSA) is 113 Å². The molecule has 0 amide bonds. The highest BCUT2D eigenvalue weighted by Crippen LogP contribution is 2.19. The van der Waals surface area contributed by atoms with Crippen LogP contribution < -0.4 is 10.0 Å². The molecule has 0 fully saturated rings. The van der Waals surface area contributed by atoms with Gasteiger partial charge in [-0.05, 0) is 23.3 Å². The first-order valence-electron chi connectivity index (χ1n) is 5.70. The number of benzene rings is 1. The molecule has 0 bridgehead atoms. The van der Waals surface area contributed by atoms with Crippen LogP contribution in [0.1, 0.15) is 17.0 Å². The number of hydrogen-bond acceptors (Lipinski definition) is 6. The van der Waals surface area contributed by atoms with Crippen LogP contribution in [0.2, 0.25) is 0 Å². The molecule has 3 rings (SSSR count). The Morgan fingerprint density at radius 1 is 1.26 bits per heavy atom. The van der Waals surface area contributed by atoms with Gasteiger partial charge < -0.3 is 5.32 Å². The average molecular weight is 280 g/mol. The highest BCUT2D eigenvalue weighted by Gasteiger charge is 2.18. The van der Waals surface area contributed by atoms with E-state index in [0.29, 0.717) is 12.4 Å². The molecule has 3 N–H and O–H groups in total. The van der Waals surface area contributed by atoms with Gasteiger partial charge in [0.15, 0.2) is 5.82 Å². The van der Waals surface area contributed by atoms with Gasteiger partial charge in [-0.1, -0.05) is 11.3 Å². The lowest BCUT2D eigenvalue weighted by Crippen LogP contribution is -2.24. The van der Waals surface area contributed by atoms with Crippen molar-refractivity contribution in [3.63, 3.8) is 0 Å². The molecular weight excluding hydrogens is 268 g/mol. The fourth-order valence-corrected chi connectivity index (χ4v) is 2.97. The van der Waals surface area contributed by atoms with Crippen molar-refractivity contribution < 1.29 is 8.42 Å². The molecule has 19 heavy (non-hydrogen) atoms. The van der Waals surface area contributed by atoms with E-state index >= 15 is 0 Å². The van der Waals surface area contributed by atoms with Gasteiger partial charge in [0, 0.05) is 13.1 Å². The SMILES string of the molecule is O=S(=O)(NCc1nn[nH]n1)c1ccc2c(c1)CNC2. The minimum atomic E-state index is -3.56. The minimum absolute atomic E-state index is 0.00810. The van der Waals surface area contributed by atoms with Crippen LogP contribution >= 0.6 is 0 Å². The van der Waals surface area contributed by atoms with Gasteiger partial charge in [0.2, 0.25) is 10.0 Å². The maximum absolute atomic E-state index is 12.1. The lowest BCUT2D eigenvalue weighted by atomic mass is 10.1. The van der Waals surface area contributed by atoms with Crippen molar-refractivity contribution in [1.82, 2.24) is 30.7 Å². The summed E-state index contributed by atoms with van der Waals surface area (Å²) in [4.78, 5) is 0.249. The Hall–Kier alpha value is -1.84. The van der Waals surface area contributed by atoms with E-state index in [1.54, 1.807) is 12.1 Å². The van der Waals surface area contributed by atoms with Crippen LogP contribution in [0.25, 0.3) is 0 Å². The fourth-order valence-electron chi connectivity index (χ4n) is 1.94. The normalized spacial score (nSPS) is 14.5. The molecular formula is C10H12N6O2S. The highest BCUT2D eigenvalue weighted by molar-refractivity contribution is 7.89. The molecule has 0 aliphatic carbocycles. The number of fused-ring (bicyclic) bond motifs is 1. The van der Waals surface area contributed by atoms with Gasteiger partial charge in [0.1, 0.15) is 0 Å². The molecule has 0 spiro atoms. The minimum Gasteiger partial charge on any atom is -0.309 e. The fraction of sp³-hybridized carbons (Fsp3) is 0.300. The third-order valence-electron chi connectivity index (χ3n) is 2.93. The van der Waals surface area contributed by atoms with Gasteiger partial charge in [-0.3, -0.25) is 0 Å². The van der Waals surface area contributed by atoms with Gasteiger partial charge >= 0.3 is 0 Å². The Labute approximate surface area is 109 Å². The molecule has 1 aromatic carbocycles. The molecule has 100 valence electrons. The number of nitrogens with zero attached hydrogens (tertiary/aromatic N) is 3. The third-order valence-corrected chi connectivity index (χ3v) is 4.33. The van der Waals surface area contributed by atoms with E-state index in [1.807, 2.05) is 6.07 Å². The summed E-state index contributed by atoms with van der Waals surface area (Å²) in [6.45, 7) is 1.49. The predicted octanol–water partition coefficient (Wildman–Crippen LogP) is -0.719. The number of rotatable bonds is 4. The maximum atomic E-state index is 12.1. The molecule has 2 heterocycles. The second-order valence-corrected chi connectivity index (χ2v) is 5.95. The number of hydrogen-bond donors (Lipinski definition) is 3. The lowest BCUT2D eigenvalue weighted by molar-refractivity contribution is 0.579. The van der Waals surface area contributed by atoms with E-state index in [1.165, 1.54) is 0 Å². The van der Waals surface area contributed by atoms with Crippen LogP contribution in [-0.2, 0) is 29.7 Å². The molecule has 2 aromatic rings. The van der Waals surface area contributed by atoms with Crippen molar-refractivity contribution in [1.29, 1.82) is 0 Å². The van der Waals surface area contributed by atoms with E-state index in [-0.39, 0.29) is 11.4 Å². The molecule has 0 saturated heterocycles. The molecule has 0 atom stereocenters. The summed E-state index contributed by atoms with van der Waals surface area (Å²) in [5.74, 6) is 0.298. The molecule has 1 aromatic heterocycles. The van der Waals surface area contributed by atoms with Crippen molar-refractivity contribution >= 4 is 10.0 Å². The molecule has 1 aliphatic rings. The number of sulfonamides is 1. The Kier molecular flexibility index (Phi) is 3.01. The summed E-state index contributed by atoms with van der Waals surface area (Å²) in [7, 11) is -3.56. The van der Waals surface area contributed by atoms with Crippen LogP contribution in [0, 0.1) is 0 Å². The summed E-state index contributed by atoms with van der Waals surface area (Å²) in [5.41, 5.74) is 2.15. The van der Waals surface area contributed by atoms with E-state index in [2.05, 4.69) is 30.7 Å². The van der Waals surface area contributed by atoms with E-state index in [4.69, 9.17) is 0 Å². The van der Waals surface area contributed by atoms with Gasteiger partial charge in [-0.15, -0.1) is 10.2 Å². The largest absolute Gasteiger partial charge is 0.309 e. The summed E-state index contributed by atoms with van der Waals surface area (Å²) >= 11 is 0. The summed E-state index contributed by atoms with van der Waals surface area (Å²) < 4.78 is 26.7. The van der Waals surface area contributed by atoms with Crippen LogP contribution in [0.15, 0.2) is 23.1 Å². The van der Waals surface area contributed by atoms with E-state index in [0.717, 1.165) is 17.7 Å². The standard InChI is InChI=1S/C10H12N6O2S/c17-19(18,12-6-10-13-15-16-14-10)9-2-1-7-4-11-5-8(7)3-9/h1-3,11-12H,4-6H2,(H,13,14,15,16). The van der Waals surface area contributed by atoms with Gasteiger partial charge in [-0.2, -0.15) is 5.21 Å². The molecule has 1 aliphatic heterocycles. The van der Waals surface area contributed by atoms with E-state index < -0.39 is 10.0 Å². The molecule has 8 nitrogen and oxygen atoms in total. The van der Waals surface area contributed by atoms with Crippen LogP contribution in [0.4, 0.5) is 0 Å². The van der Waals surface area contributed by atoms with E-state index in [9.17, 15) is 8.42 Å². The Morgan fingerprint density at radius 3 is 2.89 bits per heavy atom. The smallest absolute Gasteiger partial charge is 0.240 e. The zero-order chi connectivity index (χ0) is 13.3. The van der Waals surface area contributed by atoms with Crippen molar-refractivity contribution in [3.8, 4) is 0 Å². The Balaban J connectivity index is 1.80. The second kappa shape index (κ2) is 4.68. The van der Waals surface area contributed by atoms with Crippen molar-refractivity contribution in [2.75, 3.05) is 0 Å². The average Bonchev–Trinajstić information content (AvgIpc) is 3.06. The maximum Gasteiger partial charge on any atom is 0.240 e. The Bertz CT molecular complexity index is 682. The zero-order valence-electron chi connectivity index (χ0n) is 9.92. The third kappa shape index (κ3) is 2.48. The number of aromatic nitrogens is 4. The number of aromatic amines is 1. The molecule has 0 unspecified atom stereocenters. The predicted molar refractivity (Wildman–Crippen MR) is 65.2 cm³/mol. The lowest BCUT2D eigenvalue weighted by Gasteiger charge is -2.06. The van der Waals surface area contributed by atoms with Crippen molar-refractivity contribution in [3.05, 3.63) is 35.2 Å². The number of nitrogens with one attached hydrogen (secondary N) is 3. The number of tetrazole rings is 1. The Morgan fingerprint density at radius 2 is 2.11 bits per heavy atom. The van der Waals surface area contributed by atoms with Gasteiger partial charge in [0.05, 0.1) is 11.4 Å². The van der Waals surface area contributed by atoms with Crippen LogP contribution in [0.5, 0.6) is 0 Å². The van der Waals surface area contributed by atoms with Crippen LogP contribution in [0.3, 0.4) is 0 Å². The van der Waals surface area contributed by atoms with Crippen LogP contribution in [-0.4, -0.2) is 29.0 Å². The summed E-state index contributed by atoms with van der Waals surface area (Å²) in [6.07, 6.45) is 0. The van der Waals surface area contributed by atoms with Gasteiger partial charge in [-0.25, -0.2) is 13.1 Å². The molecule has 0 saturated carbocycles. The van der Waals surface area contributed by atoms with Gasteiger partial charge in [0.25, 0.3) is 0 Å².